The zero-order chi connectivity index (χ0) is 11.6. The van der Waals surface area contributed by atoms with Crippen molar-refractivity contribution < 1.29 is 28.6 Å². The van der Waals surface area contributed by atoms with Gasteiger partial charge in [-0.05, 0) is 0 Å². The highest BCUT2D eigenvalue weighted by Crippen LogP contribution is 2.24. The molecule has 0 aromatic carbocycles. The molecule has 0 aliphatic carbocycles. The average Bonchev–Trinajstić information content (AvgIpc) is 2.46. The van der Waals surface area contributed by atoms with Gasteiger partial charge in [0.15, 0.2) is 0 Å². The van der Waals surface area contributed by atoms with Crippen LogP contribution in [0.1, 0.15) is 0 Å². The highest BCUT2D eigenvalue weighted by atomic mass is 19.3. The Hall–Kier alpha value is -1.24. The van der Waals surface area contributed by atoms with E-state index in [4.69, 9.17) is 10.2 Å². The molecule has 0 saturated carbocycles. The molecule has 1 fully saturated rings. The van der Waals surface area contributed by atoms with Gasteiger partial charge in [-0.1, -0.05) is 0 Å². The molecule has 1 saturated heterocycles. The number of likely N-dealkylation sites (tertiary alicyclic amines) is 1. The molecule has 5 nitrogen and oxygen atoms in total. The number of alkyl halides is 2. The summed E-state index contributed by atoms with van der Waals surface area (Å²) in [4.78, 5) is 22.5. The van der Waals surface area contributed by atoms with Crippen LogP contribution in [-0.4, -0.2) is 53.1 Å². The maximum Gasteiger partial charge on any atom is 0.308 e. The molecule has 0 bridgehead atoms. The number of rotatable bonds is 4. The van der Waals surface area contributed by atoms with Crippen LogP contribution in [0.4, 0.5) is 8.78 Å². The predicted molar refractivity (Wildman–Crippen MR) is 44.7 cm³/mol. The van der Waals surface area contributed by atoms with Gasteiger partial charge < -0.3 is 10.2 Å². The minimum atomic E-state index is -2.58. The molecule has 1 aliphatic rings. The maximum atomic E-state index is 12.0. The van der Waals surface area contributed by atoms with Gasteiger partial charge in [0.2, 0.25) is 0 Å². The number of hydrogen-bond acceptors (Lipinski definition) is 3. The quantitative estimate of drug-likeness (QED) is 0.699. The van der Waals surface area contributed by atoms with Crippen molar-refractivity contribution in [1.29, 1.82) is 0 Å². The molecular formula is C8H11F2NO4. The Morgan fingerprint density at radius 2 is 1.60 bits per heavy atom. The third-order valence-electron chi connectivity index (χ3n) is 2.43. The Bertz CT molecular complexity index is 249. The minimum absolute atomic E-state index is 0.128. The summed E-state index contributed by atoms with van der Waals surface area (Å²) in [6.45, 7) is -0.832. The van der Waals surface area contributed by atoms with Crippen LogP contribution in [0.5, 0.6) is 0 Å². The normalized spacial score (nSPS) is 27.1. The van der Waals surface area contributed by atoms with Gasteiger partial charge >= 0.3 is 11.9 Å². The first-order valence-corrected chi connectivity index (χ1v) is 4.38. The van der Waals surface area contributed by atoms with Gasteiger partial charge in [-0.25, -0.2) is 8.78 Å². The lowest BCUT2D eigenvalue weighted by molar-refractivity contribution is -0.151. The van der Waals surface area contributed by atoms with Crippen LogP contribution >= 0.6 is 0 Å². The van der Waals surface area contributed by atoms with E-state index in [9.17, 15) is 18.4 Å². The van der Waals surface area contributed by atoms with Crippen molar-refractivity contribution in [3.63, 3.8) is 0 Å². The lowest BCUT2D eigenvalue weighted by Gasteiger charge is -2.13. The molecule has 0 radical (unpaired) electrons. The predicted octanol–water partition coefficient (Wildman–Crippen LogP) is -0.0313. The number of carboxylic acids is 2. The first-order valence-electron chi connectivity index (χ1n) is 4.38. The molecule has 0 amide bonds. The number of carboxylic acid groups (broad SMARTS) is 2. The highest BCUT2D eigenvalue weighted by Gasteiger charge is 2.42. The van der Waals surface area contributed by atoms with Crippen molar-refractivity contribution in [3.05, 3.63) is 0 Å². The second kappa shape index (κ2) is 4.52. The smallest absolute Gasteiger partial charge is 0.308 e. The lowest BCUT2D eigenvalue weighted by atomic mass is 9.97. The highest BCUT2D eigenvalue weighted by molar-refractivity contribution is 5.81. The second-order valence-electron chi connectivity index (χ2n) is 3.50. The van der Waals surface area contributed by atoms with Crippen molar-refractivity contribution in [3.8, 4) is 0 Å². The molecular weight excluding hydrogens is 212 g/mol. The molecule has 1 aliphatic heterocycles. The largest absolute Gasteiger partial charge is 0.481 e. The third kappa shape index (κ3) is 2.85. The molecule has 2 N–H and O–H groups in total. The van der Waals surface area contributed by atoms with E-state index in [2.05, 4.69) is 0 Å². The second-order valence-corrected chi connectivity index (χ2v) is 3.50. The fraction of sp³-hybridized carbons (Fsp3) is 0.750. The summed E-state index contributed by atoms with van der Waals surface area (Å²) in [7, 11) is 0. The van der Waals surface area contributed by atoms with E-state index in [-0.39, 0.29) is 13.1 Å². The molecule has 15 heavy (non-hydrogen) atoms. The van der Waals surface area contributed by atoms with Gasteiger partial charge in [0.25, 0.3) is 6.43 Å². The van der Waals surface area contributed by atoms with Crippen LogP contribution in [0, 0.1) is 11.8 Å². The van der Waals surface area contributed by atoms with Crippen molar-refractivity contribution in [2.75, 3.05) is 19.6 Å². The van der Waals surface area contributed by atoms with E-state index in [1.54, 1.807) is 0 Å². The molecule has 1 heterocycles. The zero-order valence-electron chi connectivity index (χ0n) is 7.77. The van der Waals surface area contributed by atoms with E-state index < -0.39 is 36.7 Å². The van der Waals surface area contributed by atoms with Gasteiger partial charge in [0.1, 0.15) is 0 Å². The van der Waals surface area contributed by atoms with Gasteiger partial charge in [-0.15, -0.1) is 0 Å². The summed E-state index contributed by atoms with van der Waals surface area (Å²) < 4.78 is 24.0. The Morgan fingerprint density at radius 1 is 1.20 bits per heavy atom. The maximum absolute atomic E-state index is 12.0. The molecule has 2 atom stereocenters. The Kier molecular flexibility index (Phi) is 3.57. The number of halogens is 2. The van der Waals surface area contributed by atoms with Crippen molar-refractivity contribution in [1.82, 2.24) is 4.90 Å². The molecule has 1 rings (SSSR count). The van der Waals surface area contributed by atoms with Crippen LogP contribution in [0.15, 0.2) is 0 Å². The fourth-order valence-corrected chi connectivity index (χ4v) is 1.73. The molecule has 0 unspecified atom stereocenters. The van der Waals surface area contributed by atoms with E-state index in [0.29, 0.717) is 0 Å². The molecule has 0 aromatic rings. The monoisotopic (exact) mass is 223 g/mol. The van der Waals surface area contributed by atoms with Crippen LogP contribution in [-0.2, 0) is 9.59 Å². The Labute approximate surface area is 84.3 Å². The SMILES string of the molecule is O=C(O)[C@H]1CN(CC(F)F)C[C@H]1C(=O)O. The van der Waals surface area contributed by atoms with Crippen molar-refractivity contribution in [2.45, 2.75) is 6.43 Å². The topological polar surface area (TPSA) is 77.8 Å². The lowest BCUT2D eigenvalue weighted by Crippen LogP contribution is -2.28. The van der Waals surface area contributed by atoms with Gasteiger partial charge in [0.05, 0.1) is 18.4 Å². The van der Waals surface area contributed by atoms with E-state index >= 15 is 0 Å². The number of nitrogens with zero attached hydrogens (tertiary/aromatic N) is 1. The number of carbonyl (C=O) groups is 2. The van der Waals surface area contributed by atoms with Gasteiger partial charge in [-0.2, -0.15) is 0 Å². The molecule has 7 heteroatoms. The van der Waals surface area contributed by atoms with E-state index in [1.165, 1.54) is 4.90 Å². The number of aliphatic carboxylic acids is 2. The van der Waals surface area contributed by atoms with Crippen molar-refractivity contribution >= 4 is 11.9 Å². The zero-order valence-corrected chi connectivity index (χ0v) is 7.77. The molecule has 0 aromatic heterocycles. The summed E-state index contributed by atoms with van der Waals surface area (Å²) in [6.07, 6.45) is -2.58. The van der Waals surface area contributed by atoms with Crippen molar-refractivity contribution in [2.24, 2.45) is 11.8 Å². The third-order valence-corrected chi connectivity index (χ3v) is 2.43. The van der Waals surface area contributed by atoms with Crippen LogP contribution in [0.3, 0.4) is 0 Å². The van der Waals surface area contributed by atoms with E-state index in [0.717, 1.165) is 0 Å². The van der Waals surface area contributed by atoms with Crippen LogP contribution in [0.25, 0.3) is 0 Å². The summed E-state index contributed by atoms with van der Waals surface area (Å²) in [5.74, 6) is -4.69. The standard InChI is InChI=1S/C8H11F2NO4/c9-6(10)3-11-1-4(7(12)13)5(2-11)8(14)15/h4-6H,1-3H2,(H,12,13)(H,14,15)/t4-,5+. The van der Waals surface area contributed by atoms with Crippen LogP contribution in [0.2, 0.25) is 0 Å². The Morgan fingerprint density at radius 3 is 1.87 bits per heavy atom. The summed E-state index contributed by atoms with van der Waals surface area (Å²) in [5, 5.41) is 17.4. The van der Waals surface area contributed by atoms with Crippen LogP contribution < -0.4 is 0 Å². The fourth-order valence-electron chi connectivity index (χ4n) is 1.73. The average molecular weight is 223 g/mol. The summed E-state index contributed by atoms with van der Waals surface area (Å²) >= 11 is 0. The first-order chi connectivity index (χ1) is 6.91. The number of hydrogen-bond donors (Lipinski definition) is 2. The summed E-state index contributed by atoms with van der Waals surface area (Å²) in [5.41, 5.74) is 0. The Balaban J connectivity index is 2.65. The van der Waals surface area contributed by atoms with Gasteiger partial charge in [-0.3, -0.25) is 14.5 Å². The molecule has 86 valence electrons. The first kappa shape index (κ1) is 11.8. The summed E-state index contributed by atoms with van der Waals surface area (Å²) in [6, 6.07) is 0. The molecule has 0 spiro atoms. The van der Waals surface area contributed by atoms with E-state index in [1.807, 2.05) is 0 Å². The van der Waals surface area contributed by atoms with Gasteiger partial charge in [0, 0.05) is 13.1 Å². The minimum Gasteiger partial charge on any atom is -0.481 e.